The fourth-order valence-electron chi connectivity index (χ4n) is 3.19. The van der Waals surface area contributed by atoms with E-state index < -0.39 is 0 Å². The Hall–Kier alpha value is -2.83. The van der Waals surface area contributed by atoms with Crippen molar-refractivity contribution < 1.29 is 14.3 Å². The molecule has 2 aromatic rings. The Kier molecular flexibility index (Phi) is 5.88. The normalized spacial score (nSPS) is 14.8. The standard InChI is InChI=1S/C19H24N4O3/c1-25-16-6-3-5-15(17(16)26-2)18(24)22-13-14-7-11-23(12-8-14)19-20-9-4-10-21-19/h3-6,9-10,14H,7-8,11-13H2,1-2H3,(H,22,24). The van der Waals surface area contributed by atoms with Crippen LogP contribution in [0, 0.1) is 5.92 Å². The molecule has 1 aliphatic rings. The Balaban J connectivity index is 1.53. The first-order valence-electron chi connectivity index (χ1n) is 8.74. The molecule has 7 heteroatoms. The number of amides is 1. The van der Waals surface area contributed by atoms with E-state index in [-0.39, 0.29) is 5.91 Å². The summed E-state index contributed by atoms with van der Waals surface area (Å²) >= 11 is 0. The fraction of sp³-hybridized carbons (Fsp3) is 0.421. The lowest BCUT2D eigenvalue weighted by atomic mass is 9.97. The largest absolute Gasteiger partial charge is 0.493 e. The molecule has 0 spiro atoms. The van der Waals surface area contributed by atoms with Crippen molar-refractivity contribution in [2.24, 2.45) is 5.92 Å². The molecule has 7 nitrogen and oxygen atoms in total. The van der Waals surface area contributed by atoms with Crippen LogP contribution in [0.1, 0.15) is 23.2 Å². The number of hydrogen-bond donors (Lipinski definition) is 1. The second kappa shape index (κ2) is 8.51. The van der Waals surface area contributed by atoms with E-state index in [1.165, 1.54) is 7.11 Å². The van der Waals surface area contributed by atoms with Gasteiger partial charge in [0.25, 0.3) is 5.91 Å². The molecule has 1 aromatic heterocycles. The molecule has 0 aliphatic carbocycles. The van der Waals surface area contributed by atoms with Crippen LogP contribution < -0.4 is 19.7 Å². The van der Waals surface area contributed by atoms with Gasteiger partial charge in [-0.1, -0.05) is 6.07 Å². The van der Waals surface area contributed by atoms with Crippen LogP contribution in [0.4, 0.5) is 5.95 Å². The predicted octanol–water partition coefficient (Wildman–Crippen LogP) is 2.14. The quantitative estimate of drug-likeness (QED) is 0.855. The predicted molar refractivity (Wildman–Crippen MR) is 98.8 cm³/mol. The highest BCUT2D eigenvalue weighted by Crippen LogP contribution is 2.30. The van der Waals surface area contributed by atoms with E-state index in [0.717, 1.165) is 31.9 Å². The number of hydrogen-bond acceptors (Lipinski definition) is 6. The number of nitrogens with one attached hydrogen (secondary N) is 1. The van der Waals surface area contributed by atoms with Crippen LogP contribution in [-0.2, 0) is 0 Å². The number of methoxy groups -OCH3 is 2. The van der Waals surface area contributed by atoms with Gasteiger partial charge in [0.15, 0.2) is 11.5 Å². The number of carbonyl (C=O) groups is 1. The summed E-state index contributed by atoms with van der Waals surface area (Å²) in [7, 11) is 3.10. The molecule has 1 aromatic carbocycles. The van der Waals surface area contributed by atoms with E-state index >= 15 is 0 Å². The molecule has 0 unspecified atom stereocenters. The third-order valence-corrected chi connectivity index (χ3v) is 4.65. The molecule has 1 N–H and O–H groups in total. The SMILES string of the molecule is COc1cccc(C(=O)NCC2CCN(c3ncccn3)CC2)c1OC. The van der Waals surface area contributed by atoms with Gasteiger partial charge in [-0.2, -0.15) is 0 Å². The molecule has 1 fully saturated rings. The smallest absolute Gasteiger partial charge is 0.255 e. The van der Waals surface area contributed by atoms with E-state index in [4.69, 9.17) is 9.47 Å². The molecule has 0 bridgehead atoms. The average molecular weight is 356 g/mol. The number of ether oxygens (including phenoxy) is 2. The van der Waals surface area contributed by atoms with Crippen molar-refractivity contribution in [3.8, 4) is 11.5 Å². The van der Waals surface area contributed by atoms with Gasteiger partial charge in [0.05, 0.1) is 19.8 Å². The van der Waals surface area contributed by atoms with Crippen molar-refractivity contribution in [1.82, 2.24) is 15.3 Å². The van der Waals surface area contributed by atoms with Gasteiger partial charge in [0.2, 0.25) is 5.95 Å². The van der Waals surface area contributed by atoms with Crippen molar-refractivity contribution in [1.29, 1.82) is 0 Å². The third-order valence-electron chi connectivity index (χ3n) is 4.65. The van der Waals surface area contributed by atoms with Crippen LogP contribution >= 0.6 is 0 Å². The number of anilines is 1. The summed E-state index contributed by atoms with van der Waals surface area (Å²) in [6, 6.07) is 7.12. The first-order chi connectivity index (χ1) is 12.7. The third kappa shape index (κ3) is 4.04. The van der Waals surface area contributed by atoms with E-state index in [2.05, 4.69) is 20.2 Å². The molecule has 0 saturated carbocycles. The summed E-state index contributed by atoms with van der Waals surface area (Å²) in [5, 5.41) is 3.03. The van der Waals surface area contributed by atoms with Crippen LogP contribution in [0.15, 0.2) is 36.7 Å². The maximum absolute atomic E-state index is 12.5. The highest BCUT2D eigenvalue weighted by molar-refractivity contribution is 5.97. The minimum atomic E-state index is -0.144. The summed E-state index contributed by atoms with van der Waals surface area (Å²) in [4.78, 5) is 23.3. The van der Waals surface area contributed by atoms with Gasteiger partial charge in [-0.05, 0) is 37.0 Å². The zero-order chi connectivity index (χ0) is 18.4. The van der Waals surface area contributed by atoms with Crippen LogP contribution in [0.5, 0.6) is 11.5 Å². The van der Waals surface area contributed by atoms with Gasteiger partial charge in [-0.15, -0.1) is 0 Å². The highest BCUT2D eigenvalue weighted by atomic mass is 16.5. The molecule has 0 radical (unpaired) electrons. The molecule has 1 aliphatic heterocycles. The van der Waals surface area contributed by atoms with Gasteiger partial charge in [-0.3, -0.25) is 4.79 Å². The molecular weight excluding hydrogens is 332 g/mol. The van der Waals surface area contributed by atoms with Gasteiger partial charge in [0.1, 0.15) is 0 Å². The zero-order valence-electron chi connectivity index (χ0n) is 15.1. The Bertz CT molecular complexity index is 731. The van der Waals surface area contributed by atoms with Crippen molar-refractivity contribution in [3.05, 3.63) is 42.2 Å². The number of para-hydroxylation sites is 1. The first-order valence-corrected chi connectivity index (χ1v) is 8.74. The van der Waals surface area contributed by atoms with Crippen LogP contribution in [0.25, 0.3) is 0 Å². The minimum Gasteiger partial charge on any atom is -0.493 e. The topological polar surface area (TPSA) is 76.6 Å². The second-order valence-corrected chi connectivity index (χ2v) is 6.23. The number of benzene rings is 1. The van der Waals surface area contributed by atoms with E-state index in [1.807, 2.05) is 6.07 Å². The van der Waals surface area contributed by atoms with Crippen molar-refractivity contribution >= 4 is 11.9 Å². The molecular formula is C19H24N4O3. The van der Waals surface area contributed by atoms with E-state index in [1.54, 1.807) is 37.7 Å². The van der Waals surface area contributed by atoms with Gasteiger partial charge in [0, 0.05) is 32.0 Å². The molecule has 1 amide bonds. The van der Waals surface area contributed by atoms with Crippen molar-refractivity contribution in [3.63, 3.8) is 0 Å². The number of carbonyl (C=O) groups excluding carboxylic acids is 1. The lowest BCUT2D eigenvalue weighted by Crippen LogP contribution is -2.39. The fourth-order valence-corrected chi connectivity index (χ4v) is 3.19. The van der Waals surface area contributed by atoms with Gasteiger partial charge in [-0.25, -0.2) is 9.97 Å². The minimum absolute atomic E-state index is 0.144. The lowest BCUT2D eigenvalue weighted by molar-refractivity contribution is 0.0941. The molecule has 0 atom stereocenters. The van der Waals surface area contributed by atoms with E-state index in [0.29, 0.717) is 29.5 Å². The number of aromatic nitrogens is 2. The maximum atomic E-state index is 12.5. The summed E-state index contributed by atoms with van der Waals surface area (Å²) in [5.74, 6) is 2.08. The monoisotopic (exact) mass is 356 g/mol. The summed E-state index contributed by atoms with van der Waals surface area (Å²) < 4.78 is 10.6. The average Bonchev–Trinajstić information content (AvgIpc) is 2.72. The summed E-state index contributed by atoms with van der Waals surface area (Å²) in [5.41, 5.74) is 0.488. The highest BCUT2D eigenvalue weighted by Gasteiger charge is 2.22. The molecule has 138 valence electrons. The lowest BCUT2D eigenvalue weighted by Gasteiger charge is -2.32. The Morgan fingerprint density at radius 2 is 1.88 bits per heavy atom. The van der Waals surface area contributed by atoms with Crippen molar-refractivity contribution in [2.45, 2.75) is 12.8 Å². The molecule has 2 heterocycles. The zero-order valence-corrected chi connectivity index (χ0v) is 15.1. The van der Waals surface area contributed by atoms with Crippen LogP contribution in [0.2, 0.25) is 0 Å². The second-order valence-electron chi connectivity index (χ2n) is 6.23. The number of piperidine rings is 1. The number of rotatable bonds is 6. The van der Waals surface area contributed by atoms with Crippen LogP contribution in [-0.4, -0.2) is 49.7 Å². The molecule has 1 saturated heterocycles. The number of nitrogens with zero attached hydrogens (tertiary/aromatic N) is 3. The van der Waals surface area contributed by atoms with Crippen molar-refractivity contribution in [2.75, 3.05) is 38.8 Å². The summed E-state index contributed by atoms with van der Waals surface area (Å²) in [6.07, 6.45) is 5.51. The summed E-state index contributed by atoms with van der Waals surface area (Å²) in [6.45, 7) is 2.43. The molecule has 26 heavy (non-hydrogen) atoms. The van der Waals surface area contributed by atoms with Gasteiger partial charge >= 0.3 is 0 Å². The Morgan fingerprint density at radius 3 is 2.54 bits per heavy atom. The van der Waals surface area contributed by atoms with Crippen LogP contribution in [0.3, 0.4) is 0 Å². The van der Waals surface area contributed by atoms with Gasteiger partial charge < -0.3 is 19.7 Å². The Labute approximate surface area is 153 Å². The Morgan fingerprint density at radius 1 is 1.15 bits per heavy atom. The maximum Gasteiger partial charge on any atom is 0.255 e. The molecule has 3 rings (SSSR count). The van der Waals surface area contributed by atoms with E-state index in [9.17, 15) is 4.79 Å². The first kappa shape index (κ1) is 18.0.